The summed E-state index contributed by atoms with van der Waals surface area (Å²) >= 11 is 0. The SMILES string of the molecule is CCCN(CCC)CCc1cccc([N+](=O)[O-])c1CC(=O)O.CCC[N+](CC)(CCC)c1cccc([N+](=O)[O-])c1C.CCC[N+](CC)(CCC)c1cccc([N+](=O)[O-])c1C.Cl.O=C([O-])C(=O)[O-]. The Kier molecular flexibility index (Phi) is 31.3. The molecule has 0 saturated carbocycles. The predicted molar refractivity (Wildman–Crippen MR) is 263 cm³/mol. The van der Waals surface area contributed by atoms with Gasteiger partial charge in [0, 0.05) is 30.3 Å². The molecule has 376 valence electrons. The summed E-state index contributed by atoms with van der Waals surface area (Å²) in [5.74, 6) is -5.42. The summed E-state index contributed by atoms with van der Waals surface area (Å²) < 4.78 is 1.70. The van der Waals surface area contributed by atoms with Crippen molar-refractivity contribution in [1.29, 1.82) is 0 Å². The van der Waals surface area contributed by atoms with Crippen molar-refractivity contribution in [2.45, 2.75) is 121 Å². The molecule has 0 atom stereocenters. The van der Waals surface area contributed by atoms with E-state index in [1.165, 1.54) is 6.07 Å². The molecule has 0 aliphatic heterocycles. The highest BCUT2D eigenvalue weighted by molar-refractivity contribution is 6.25. The van der Waals surface area contributed by atoms with Crippen molar-refractivity contribution >= 4 is 58.8 Å². The molecule has 18 nitrogen and oxygen atoms in total. The van der Waals surface area contributed by atoms with Gasteiger partial charge in [-0.15, -0.1) is 12.4 Å². The van der Waals surface area contributed by atoms with Crippen LogP contribution in [0.25, 0.3) is 0 Å². The smallest absolute Gasteiger partial charge is 0.308 e. The van der Waals surface area contributed by atoms with Crippen LogP contribution in [0.4, 0.5) is 28.4 Å². The topological polar surface area (TPSA) is 250 Å². The summed E-state index contributed by atoms with van der Waals surface area (Å²) in [6, 6.07) is 15.7. The molecule has 0 bridgehead atoms. The van der Waals surface area contributed by atoms with Crippen LogP contribution in [-0.2, 0) is 27.2 Å². The van der Waals surface area contributed by atoms with Crippen LogP contribution in [0.2, 0.25) is 0 Å². The van der Waals surface area contributed by atoms with Gasteiger partial charge in [0.15, 0.2) is 0 Å². The fourth-order valence-electron chi connectivity index (χ4n) is 8.67. The van der Waals surface area contributed by atoms with Crippen LogP contribution in [0.5, 0.6) is 0 Å². The van der Waals surface area contributed by atoms with Gasteiger partial charge >= 0.3 is 5.97 Å². The molecule has 3 aromatic rings. The average molecular weight is 964 g/mol. The summed E-state index contributed by atoms with van der Waals surface area (Å²) in [6.07, 6.45) is 6.74. The summed E-state index contributed by atoms with van der Waals surface area (Å²) in [7, 11) is 0. The third kappa shape index (κ3) is 20.1. The molecule has 0 fully saturated rings. The van der Waals surface area contributed by atoms with Gasteiger partial charge in [-0.2, -0.15) is 0 Å². The molecule has 0 amide bonds. The molecule has 0 heterocycles. The van der Waals surface area contributed by atoms with Crippen molar-refractivity contribution < 1.29 is 44.5 Å². The van der Waals surface area contributed by atoms with E-state index >= 15 is 0 Å². The van der Waals surface area contributed by atoms with E-state index in [1.54, 1.807) is 24.3 Å². The van der Waals surface area contributed by atoms with E-state index in [0.717, 1.165) is 134 Å². The molecule has 1 N–H and O–H groups in total. The third-order valence-electron chi connectivity index (χ3n) is 11.5. The Labute approximate surface area is 402 Å². The number of nitrogens with zero attached hydrogens (tertiary/aromatic N) is 6. The second-order valence-electron chi connectivity index (χ2n) is 16.1. The summed E-state index contributed by atoms with van der Waals surface area (Å²) in [5, 5.41) is 60.2. The Bertz CT molecular complexity index is 1920. The first-order chi connectivity index (χ1) is 31.2. The quantitative estimate of drug-likeness (QED) is 0.0388. The number of halogens is 1. The lowest BCUT2D eigenvalue weighted by Crippen LogP contribution is -2.50. The minimum absolute atomic E-state index is 0. The van der Waals surface area contributed by atoms with Crippen molar-refractivity contribution in [3.63, 3.8) is 0 Å². The number of hydrogen-bond acceptors (Lipinski definition) is 12. The predicted octanol–water partition coefficient (Wildman–Crippen LogP) is 7.90. The lowest BCUT2D eigenvalue weighted by molar-refractivity contribution is -0.385. The molecular weight excluding hydrogens is 888 g/mol. The fourth-order valence-corrected chi connectivity index (χ4v) is 8.67. The maximum atomic E-state index is 11.1. The normalized spacial score (nSPS) is 10.8. The highest BCUT2D eigenvalue weighted by Gasteiger charge is 2.33. The van der Waals surface area contributed by atoms with E-state index in [4.69, 9.17) is 24.9 Å². The van der Waals surface area contributed by atoms with Crippen LogP contribution >= 0.6 is 12.4 Å². The summed E-state index contributed by atoms with van der Waals surface area (Å²) in [5.41, 5.74) is 5.31. The van der Waals surface area contributed by atoms with Crippen LogP contribution in [0.15, 0.2) is 54.6 Å². The molecule has 67 heavy (non-hydrogen) atoms. The first kappa shape index (κ1) is 63.5. The number of carboxylic acid groups (broad SMARTS) is 3. The zero-order chi connectivity index (χ0) is 50.6. The average Bonchev–Trinajstić information content (AvgIpc) is 3.26. The Hall–Kier alpha value is -5.56. The maximum absolute atomic E-state index is 11.1. The standard InChI is InChI=1S/C16H24N2O4.2C15H25N2O2.C2H2O4.ClH/c1-3-9-17(10-4-2)11-8-13-6-5-7-15(18(21)22)14(13)12-16(19)20;2*1-5-11-17(7-3,12-6-2)15-10-8-9-14(13(15)4)16(18)19;3-1(4)2(5)6;/h5-7H,3-4,8-12H2,1-2H3,(H,19,20);2*8-10H,5-7,11-12H2,1-4H3;(H,3,4)(H,5,6);1H/q;2*+1;;/p-2. The van der Waals surface area contributed by atoms with Crippen LogP contribution in [0, 0.1) is 44.2 Å². The highest BCUT2D eigenvalue weighted by atomic mass is 35.5. The largest absolute Gasteiger partial charge is 0.543 e. The molecule has 0 aliphatic carbocycles. The van der Waals surface area contributed by atoms with E-state index in [1.807, 2.05) is 26.0 Å². The highest BCUT2D eigenvalue weighted by Crippen LogP contribution is 2.35. The monoisotopic (exact) mass is 963 g/mol. The van der Waals surface area contributed by atoms with Crippen molar-refractivity contribution in [1.82, 2.24) is 13.9 Å². The second-order valence-corrected chi connectivity index (χ2v) is 16.1. The number of rotatable bonds is 24. The molecule has 0 unspecified atom stereocenters. The Morgan fingerprint density at radius 3 is 1.18 bits per heavy atom. The zero-order valence-electron chi connectivity index (χ0n) is 41.2. The summed E-state index contributed by atoms with van der Waals surface area (Å²) in [6.45, 7) is 29.9. The van der Waals surface area contributed by atoms with Gasteiger partial charge in [0.1, 0.15) is 11.4 Å². The number of carbonyl (C=O) groups excluding carboxylic acids is 2. The number of carboxylic acids is 3. The van der Waals surface area contributed by atoms with Crippen molar-refractivity contribution in [2.75, 3.05) is 58.9 Å². The van der Waals surface area contributed by atoms with E-state index < -0.39 is 22.8 Å². The number of aliphatic carboxylic acids is 3. The Morgan fingerprint density at radius 1 is 0.552 bits per heavy atom. The first-order valence-corrected chi connectivity index (χ1v) is 23.0. The van der Waals surface area contributed by atoms with E-state index in [0.29, 0.717) is 12.0 Å². The lowest BCUT2D eigenvalue weighted by atomic mass is 9.99. The van der Waals surface area contributed by atoms with Crippen LogP contribution in [0.1, 0.15) is 116 Å². The third-order valence-corrected chi connectivity index (χ3v) is 11.5. The zero-order valence-corrected chi connectivity index (χ0v) is 42.1. The lowest BCUT2D eigenvalue weighted by Gasteiger charge is -2.38. The molecule has 0 aliphatic rings. The molecule has 0 radical (unpaired) electrons. The molecule has 3 aromatic carbocycles. The molecule has 0 aromatic heterocycles. The van der Waals surface area contributed by atoms with Crippen LogP contribution in [0.3, 0.4) is 0 Å². The van der Waals surface area contributed by atoms with Crippen molar-refractivity contribution in [3.05, 3.63) is 107 Å². The van der Waals surface area contributed by atoms with Crippen molar-refractivity contribution in [2.24, 2.45) is 0 Å². The minimum Gasteiger partial charge on any atom is -0.543 e. The number of quaternary nitrogens is 2. The Balaban J connectivity index is 0. The van der Waals surface area contributed by atoms with Gasteiger partial charge in [-0.25, -0.2) is 0 Å². The van der Waals surface area contributed by atoms with E-state index in [9.17, 15) is 35.1 Å². The first-order valence-electron chi connectivity index (χ1n) is 23.0. The van der Waals surface area contributed by atoms with Gasteiger partial charge < -0.3 is 29.8 Å². The van der Waals surface area contributed by atoms with Gasteiger partial charge in [0.2, 0.25) is 0 Å². The van der Waals surface area contributed by atoms with Gasteiger partial charge in [-0.3, -0.25) is 44.1 Å². The molecule has 0 spiro atoms. The van der Waals surface area contributed by atoms with Gasteiger partial charge in [-0.05, 0) is 116 Å². The minimum atomic E-state index is -2.19. The van der Waals surface area contributed by atoms with E-state index in [2.05, 4.69) is 72.4 Å². The molecule has 19 heteroatoms. The van der Waals surface area contributed by atoms with E-state index in [-0.39, 0.29) is 45.7 Å². The molecular formula is C48H75ClN6O12. The Morgan fingerprint density at radius 2 is 0.896 bits per heavy atom. The number of nitro benzene ring substituents is 3. The van der Waals surface area contributed by atoms with Gasteiger partial charge in [-0.1, -0.05) is 53.7 Å². The maximum Gasteiger partial charge on any atom is 0.308 e. The number of carbonyl (C=O) groups is 3. The summed E-state index contributed by atoms with van der Waals surface area (Å²) in [4.78, 5) is 63.4. The number of hydrogen-bond donors (Lipinski definition) is 1. The number of benzene rings is 3. The van der Waals surface area contributed by atoms with Gasteiger partial charge in [0.25, 0.3) is 17.1 Å². The van der Waals surface area contributed by atoms with Crippen molar-refractivity contribution in [3.8, 4) is 0 Å². The fraction of sp³-hybridized carbons (Fsp3) is 0.562. The van der Waals surface area contributed by atoms with Gasteiger partial charge in [0.05, 0.1) is 83.5 Å². The van der Waals surface area contributed by atoms with Crippen LogP contribution < -0.4 is 19.2 Å². The molecule has 3 rings (SSSR count). The van der Waals surface area contributed by atoms with Crippen LogP contribution in [-0.4, -0.2) is 102 Å². The molecule has 0 saturated heterocycles. The second kappa shape index (κ2) is 33.0. The number of nitro groups is 3.